The second kappa shape index (κ2) is 6.36. The molecule has 1 N–H and O–H groups in total. The van der Waals surface area contributed by atoms with Crippen LogP contribution in [0.4, 0.5) is 10.5 Å². The van der Waals surface area contributed by atoms with Crippen LogP contribution in [0.5, 0.6) is 0 Å². The molecule has 23 heavy (non-hydrogen) atoms. The van der Waals surface area contributed by atoms with Gasteiger partial charge in [0.15, 0.2) is 0 Å². The normalized spacial score (nSPS) is 10.5. The molecule has 2 aromatic carbocycles. The lowest BCUT2D eigenvalue weighted by atomic mass is 10.2. The number of aryl methyl sites for hydroxylation is 1. The minimum atomic E-state index is -0.652. The summed E-state index contributed by atoms with van der Waals surface area (Å²) in [4.78, 5) is 24.2. The fourth-order valence-corrected chi connectivity index (χ4v) is 2.38. The Hall–Kier alpha value is -3.08. The summed E-state index contributed by atoms with van der Waals surface area (Å²) in [6, 6.07) is 18.5. The molecule has 0 bridgehead atoms. The van der Waals surface area contributed by atoms with Crippen molar-refractivity contribution in [2.75, 3.05) is 5.32 Å². The number of carbonyl (C=O) groups is 1. The van der Waals surface area contributed by atoms with Gasteiger partial charge in [-0.2, -0.15) is 0 Å². The topological polar surface area (TPSA) is 60.3 Å². The van der Waals surface area contributed by atoms with Gasteiger partial charge in [-0.3, -0.25) is 10.1 Å². The number of carbonyl (C=O) groups excluding carboxylic acids is 1. The number of hydrogen-bond donors (Lipinski definition) is 1. The van der Waals surface area contributed by atoms with E-state index in [4.69, 9.17) is 4.74 Å². The molecule has 0 aliphatic carbocycles. The third-order valence-corrected chi connectivity index (χ3v) is 3.58. The Morgan fingerprint density at radius 1 is 1.09 bits per heavy atom. The van der Waals surface area contributed by atoms with Crippen molar-refractivity contribution >= 4 is 22.7 Å². The number of rotatable bonds is 3. The van der Waals surface area contributed by atoms with E-state index < -0.39 is 6.09 Å². The molecule has 0 aliphatic heterocycles. The second-order valence-corrected chi connectivity index (χ2v) is 5.17. The van der Waals surface area contributed by atoms with E-state index in [2.05, 4.69) is 5.32 Å². The Kier molecular flexibility index (Phi) is 4.10. The van der Waals surface area contributed by atoms with Gasteiger partial charge in [0.1, 0.15) is 12.3 Å². The summed E-state index contributed by atoms with van der Waals surface area (Å²) in [7, 11) is 1.67. The van der Waals surface area contributed by atoms with Crippen LogP contribution in [0.3, 0.4) is 0 Å². The molecule has 1 aromatic heterocycles. The Balaban J connectivity index is 1.77. The molecule has 0 spiro atoms. The molecule has 0 saturated heterocycles. The number of hydrogen-bond acceptors (Lipinski definition) is 3. The van der Waals surface area contributed by atoms with Crippen molar-refractivity contribution < 1.29 is 9.53 Å². The van der Waals surface area contributed by atoms with E-state index in [1.165, 1.54) is 4.57 Å². The van der Waals surface area contributed by atoms with Crippen LogP contribution in [0.15, 0.2) is 65.5 Å². The van der Waals surface area contributed by atoms with Crippen molar-refractivity contribution in [1.29, 1.82) is 0 Å². The average Bonchev–Trinajstić information content (AvgIpc) is 2.58. The highest BCUT2D eigenvalue weighted by molar-refractivity contribution is 5.89. The quantitative estimate of drug-likeness (QED) is 0.807. The number of pyridine rings is 1. The number of nitrogens with zero attached hydrogens (tertiary/aromatic N) is 1. The lowest BCUT2D eigenvalue weighted by Gasteiger charge is -2.10. The highest BCUT2D eigenvalue weighted by Crippen LogP contribution is 2.15. The standard InChI is InChI=1S/C18H16N2O3/c1-20-16-10-6-5-9-14(16)11-15(17(20)21)19-18(22)23-12-13-7-3-2-4-8-13/h2-11H,12H2,1H3,(H,19,22). The summed E-state index contributed by atoms with van der Waals surface area (Å²) in [6.07, 6.45) is -0.652. The lowest BCUT2D eigenvalue weighted by Crippen LogP contribution is -2.24. The summed E-state index contributed by atoms with van der Waals surface area (Å²) in [6.45, 7) is 0.153. The highest BCUT2D eigenvalue weighted by Gasteiger charge is 2.10. The molecule has 5 heteroatoms. The van der Waals surface area contributed by atoms with E-state index in [0.717, 1.165) is 16.5 Å². The molecule has 0 unspecified atom stereocenters. The fraction of sp³-hybridized carbons (Fsp3) is 0.111. The zero-order valence-corrected chi connectivity index (χ0v) is 12.7. The summed E-state index contributed by atoms with van der Waals surface area (Å²) < 4.78 is 6.64. The number of fused-ring (bicyclic) bond motifs is 1. The van der Waals surface area contributed by atoms with E-state index in [9.17, 15) is 9.59 Å². The molecule has 0 radical (unpaired) electrons. The first-order valence-corrected chi connectivity index (χ1v) is 7.21. The smallest absolute Gasteiger partial charge is 0.412 e. The number of amides is 1. The molecule has 0 saturated carbocycles. The van der Waals surface area contributed by atoms with Gasteiger partial charge in [0, 0.05) is 12.4 Å². The van der Waals surface area contributed by atoms with Gasteiger partial charge in [0.05, 0.1) is 5.52 Å². The predicted octanol–water partition coefficient (Wildman–Crippen LogP) is 3.29. The van der Waals surface area contributed by atoms with E-state index in [0.29, 0.717) is 0 Å². The second-order valence-electron chi connectivity index (χ2n) is 5.17. The molecule has 0 atom stereocenters. The summed E-state index contributed by atoms with van der Waals surface area (Å²) >= 11 is 0. The maximum atomic E-state index is 12.3. The molecule has 3 aromatic rings. The van der Waals surface area contributed by atoms with Crippen molar-refractivity contribution in [3.8, 4) is 0 Å². The number of anilines is 1. The van der Waals surface area contributed by atoms with Crippen LogP contribution < -0.4 is 10.9 Å². The number of para-hydroxylation sites is 1. The zero-order valence-electron chi connectivity index (χ0n) is 12.7. The molecule has 116 valence electrons. The monoisotopic (exact) mass is 308 g/mol. The molecule has 0 fully saturated rings. The molecule has 5 nitrogen and oxygen atoms in total. The van der Waals surface area contributed by atoms with Gasteiger partial charge in [0.2, 0.25) is 0 Å². The summed E-state index contributed by atoms with van der Waals surface area (Å²) in [5.41, 5.74) is 1.61. The van der Waals surface area contributed by atoms with Gasteiger partial charge < -0.3 is 9.30 Å². The molecule has 1 amide bonds. The van der Waals surface area contributed by atoms with E-state index in [-0.39, 0.29) is 17.9 Å². The minimum absolute atomic E-state index is 0.153. The van der Waals surface area contributed by atoms with Crippen LogP contribution in [-0.2, 0) is 18.4 Å². The fourth-order valence-electron chi connectivity index (χ4n) is 2.38. The van der Waals surface area contributed by atoms with Gasteiger partial charge in [-0.25, -0.2) is 4.79 Å². The van der Waals surface area contributed by atoms with Gasteiger partial charge >= 0.3 is 6.09 Å². The van der Waals surface area contributed by atoms with Crippen LogP contribution in [0, 0.1) is 0 Å². The third-order valence-electron chi connectivity index (χ3n) is 3.58. The van der Waals surface area contributed by atoms with Crippen molar-refractivity contribution in [3.05, 3.63) is 76.6 Å². The van der Waals surface area contributed by atoms with Crippen LogP contribution in [0.1, 0.15) is 5.56 Å². The van der Waals surface area contributed by atoms with Crippen molar-refractivity contribution in [1.82, 2.24) is 4.57 Å². The number of aromatic nitrogens is 1. The average molecular weight is 308 g/mol. The Labute approximate surface area is 133 Å². The zero-order chi connectivity index (χ0) is 16.2. The van der Waals surface area contributed by atoms with Crippen LogP contribution in [0.2, 0.25) is 0 Å². The van der Waals surface area contributed by atoms with Gasteiger partial charge in [-0.1, -0.05) is 48.5 Å². The predicted molar refractivity (Wildman–Crippen MR) is 89.4 cm³/mol. The molecule has 0 aliphatic rings. The van der Waals surface area contributed by atoms with Gasteiger partial charge in [-0.05, 0) is 17.7 Å². The van der Waals surface area contributed by atoms with Crippen LogP contribution in [0.25, 0.3) is 10.9 Å². The number of ether oxygens (including phenoxy) is 1. The highest BCUT2D eigenvalue weighted by atomic mass is 16.5. The summed E-state index contributed by atoms with van der Waals surface area (Å²) in [5, 5.41) is 3.39. The van der Waals surface area contributed by atoms with E-state index >= 15 is 0 Å². The van der Waals surface area contributed by atoms with Crippen LogP contribution in [-0.4, -0.2) is 10.7 Å². The van der Waals surface area contributed by atoms with Crippen molar-refractivity contribution in [3.63, 3.8) is 0 Å². The van der Waals surface area contributed by atoms with E-state index in [1.807, 2.05) is 54.6 Å². The van der Waals surface area contributed by atoms with Crippen molar-refractivity contribution in [2.45, 2.75) is 6.61 Å². The molecular formula is C18H16N2O3. The molecule has 1 heterocycles. The van der Waals surface area contributed by atoms with Crippen LogP contribution >= 0.6 is 0 Å². The largest absolute Gasteiger partial charge is 0.444 e. The SMILES string of the molecule is Cn1c(=O)c(NC(=O)OCc2ccccc2)cc2ccccc21. The Morgan fingerprint density at radius 2 is 1.78 bits per heavy atom. The van der Waals surface area contributed by atoms with Gasteiger partial charge in [-0.15, -0.1) is 0 Å². The molecular weight excluding hydrogens is 292 g/mol. The first-order valence-electron chi connectivity index (χ1n) is 7.21. The van der Waals surface area contributed by atoms with Gasteiger partial charge in [0.25, 0.3) is 5.56 Å². The first-order chi connectivity index (χ1) is 11.1. The Bertz CT molecular complexity index is 901. The molecule has 3 rings (SSSR count). The Morgan fingerprint density at radius 3 is 2.57 bits per heavy atom. The lowest BCUT2D eigenvalue weighted by molar-refractivity contribution is 0.155. The summed E-state index contributed by atoms with van der Waals surface area (Å²) in [5.74, 6) is 0. The number of nitrogens with one attached hydrogen (secondary N) is 1. The van der Waals surface area contributed by atoms with Crippen molar-refractivity contribution in [2.24, 2.45) is 7.05 Å². The minimum Gasteiger partial charge on any atom is -0.444 e. The number of benzene rings is 2. The van der Waals surface area contributed by atoms with E-state index in [1.54, 1.807) is 13.1 Å². The maximum Gasteiger partial charge on any atom is 0.412 e. The maximum absolute atomic E-state index is 12.3. The third kappa shape index (κ3) is 3.23. The first kappa shape index (κ1) is 14.8.